The molecule has 3 heteroatoms. The van der Waals surface area contributed by atoms with E-state index in [1.165, 1.54) is 5.56 Å². The van der Waals surface area contributed by atoms with E-state index in [1.807, 2.05) is 0 Å². The van der Waals surface area contributed by atoms with Crippen molar-refractivity contribution >= 4 is 0 Å². The molecule has 0 amide bonds. The summed E-state index contributed by atoms with van der Waals surface area (Å²) in [4.78, 5) is 0. The molecule has 0 spiro atoms. The highest BCUT2D eigenvalue weighted by atomic mass is 16.5. The van der Waals surface area contributed by atoms with Gasteiger partial charge in [-0.2, -0.15) is 0 Å². The van der Waals surface area contributed by atoms with Crippen molar-refractivity contribution in [1.82, 2.24) is 5.32 Å². The molecule has 2 N–H and O–H groups in total. The van der Waals surface area contributed by atoms with Gasteiger partial charge in [-0.3, -0.25) is 0 Å². The SMILES string of the molecule is CCNCc1cc(C)c(OCCC(C)O)c(C)c1. The second kappa shape index (κ2) is 7.39. The highest BCUT2D eigenvalue weighted by Gasteiger charge is 2.07. The molecule has 102 valence electrons. The summed E-state index contributed by atoms with van der Waals surface area (Å²) in [6.07, 6.45) is 0.358. The Morgan fingerprint density at radius 3 is 2.39 bits per heavy atom. The van der Waals surface area contributed by atoms with E-state index in [9.17, 15) is 5.11 Å². The number of ether oxygens (including phenoxy) is 1. The van der Waals surface area contributed by atoms with Crippen LogP contribution in [0.2, 0.25) is 0 Å². The Morgan fingerprint density at radius 1 is 1.28 bits per heavy atom. The number of aryl methyl sites for hydroxylation is 2. The summed E-state index contributed by atoms with van der Waals surface area (Å²) in [6, 6.07) is 4.32. The van der Waals surface area contributed by atoms with Crippen LogP contribution in [0.3, 0.4) is 0 Å². The molecule has 0 aliphatic rings. The molecule has 0 saturated heterocycles. The Hall–Kier alpha value is -1.06. The van der Waals surface area contributed by atoms with Crippen LogP contribution in [0.25, 0.3) is 0 Å². The highest BCUT2D eigenvalue weighted by molar-refractivity contribution is 5.43. The van der Waals surface area contributed by atoms with E-state index in [0.29, 0.717) is 13.0 Å². The topological polar surface area (TPSA) is 41.5 Å². The zero-order chi connectivity index (χ0) is 13.5. The largest absolute Gasteiger partial charge is 0.493 e. The van der Waals surface area contributed by atoms with Gasteiger partial charge >= 0.3 is 0 Å². The summed E-state index contributed by atoms with van der Waals surface area (Å²) in [6.45, 7) is 10.5. The number of rotatable bonds is 7. The molecule has 0 aliphatic heterocycles. The van der Waals surface area contributed by atoms with Crippen molar-refractivity contribution in [3.8, 4) is 5.75 Å². The summed E-state index contributed by atoms with van der Waals surface area (Å²) in [7, 11) is 0. The molecule has 18 heavy (non-hydrogen) atoms. The van der Waals surface area contributed by atoms with Crippen LogP contribution in [0.5, 0.6) is 5.75 Å². The van der Waals surface area contributed by atoms with E-state index in [2.05, 4.69) is 38.2 Å². The first kappa shape index (κ1) is 15.0. The Balaban J connectivity index is 2.68. The van der Waals surface area contributed by atoms with Crippen LogP contribution in [0.1, 0.15) is 37.0 Å². The van der Waals surface area contributed by atoms with E-state index >= 15 is 0 Å². The average molecular weight is 251 g/mol. The monoisotopic (exact) mass is 251 g/mol. The van der Waals surface area contributed by atoms with Crippen LogP contribution in [-0.4, -0.2) is 24.4 Å². The minimum Gasteiger partial charge on any atom is -0.493 e. The summed E-state index contributed by atoms with van der Waals surface area (Å²) < 4.78 is 5.76. The zero-order valence-corrected chi connectivity index (χ0v) is 11.9. The van der Waals surface area contributed by atoms with Gasteiger partial charge in [0.1, 0.15) is 5.75 Å². The summed E-state index contributed by atoms with van der Waals surface area (Å²) in [5.74, 6) is 0.955. The molecule has 1 unspecified atom stereocenters. The van der Waals surface area contributed by atoms with Crippen molar-refractivity contribution in [2.75, 3.05) is 13.2 Å². The van der Waals surface area contributed by atoms with Crippen LogP contribution >= 0.6 is 0 Å². The molecule has 0 fully saturated rings. The van der Waals surface area contributed by atoms with Crippen molar-refractivity contribution in [3.63, 3.8) is 0 Å². The van der Waals surface area contributed by atoms with Crippen LogP contribution in [0, 0.1) is 13.8 Å². The molecule has 0 bridgehead atoms. The van der Waals surface area contributed by atoms with Crippen LogP contribution in [0.4, 0.5) is 0 Å². The van der Waals surface area contributed by atoms with E-state index in [0.717, 1.165) is 30.0 Å². The van der Waals surface area contributed by atoms with Gasteiger partial charge in [0.2, 0.25) is 0 Å². The molecule has 0 aliphatic carbocycles. The second-order valence-electron chi connectivity index (χ2n) is 4.83. The maximum atomic E-state index is 9.22. The van der Waals surface area contributed by atoms with E-state index < -0.39 is 0 Å². The first-order valence-electron chi connectivity index (χ1n) is 6.66. The molecule has 1 aromatic rings. The van der Waals surface area contributed by atoms with Crippen LogP contribution in [-0.2, 0) is 6.54 Å². The molecule has 3 nitrogen and oxygen atoms in total. The second-order valence-corrected chi connectivity index (χ2v) is 4.83. The van der Waals surface area contributed by atoms with Crippen LogP contribution in [0.15, 0.2) is 12.1 Å². The number of aliphatic hydroxyl groups is 1. The Labute approximate surface area is 110 Å². The average Bonchev–Trinajstić information content (AvgIpc) is 2.29. The third kappa shape index (κ3) is 4.67. The fraction of sp³-hybridized carbons (Fsp3) is 0.600. The lowest BCUT2D eigenvalue weighted by atomic mass is 10.1. The standard InChI is InChI=1S/C15H25NO2/c1-5-16-10-14-8-11(2)15(12(3)9-14)18-7-6-13(4)17/h8-9,13,16-17H,5-7,10H2,1-4H3. The van der Waals surface area contributed by atoms with Crippen molar-refractivity contribution in [3.05, 3.63) is 28.8 Å². The van der Waals surface area contributed by atoms with Crippen molar-refractivity contribution in [2.24, 2.45) is 0 Å². The highest BCUT2D eigenvalue weighted by Crippen LogP contribution is 2.25. The minimum absolute atomic E-state index is 0.307. The number of benzene rings is 1. The van der Waals surface area contributed by atoms with Gasteiger partial charge in [-0.1, -0.05) is 19.1 Å². The Kier molecular flexibility index (Phi) is 6.16. The van der Waals surface area contributed by atoms with Gasteiger partial charge in [0, 0.05) is 13.0 Å². The molecule has 0 radical (unpaired) electrons. The van der Waals surface area contributed by atoms with Crippen LogP contribution < -0.4 is 10.1 Å². The van der Waals surface area contributed by atoms with Crippen molar-refractivity contribution in [1.29, 1.82) is 0 Å². The van der Waals surface area contributed by atoms with E-state index in [1.54, 1.807) is 6.92 Å². The fourth-order valence-electron chi connectivity index (χ4n) is 1.97. The smallest absolute Gasteiger partial charge is 0.125 e. The normalized spacial score (nSPS) is 12.5. The maximum absolute atomic E-state index is 9.22. The van der Waals surface area contributed by atoms with E-state index in [-0.39, 0.29) is 6.10 Å². The molecule has 0 saturated carbocycles. The third-order valence-electron chi connectivity index (χ3n) is 2.88. The first-order valence-corrected chi connectivity index (χ1v) is 6.66. The predicted octanol–water partition coefficient (Wildman–Crippen LogP) is 2.56. The summed E-state index contributed by atoms with van der Waals surface area (Å²) in [5.41, 5.74) is 3.61. The molecule has 0 aromatic heterocycles. The Morgan fingerprint density at radius 2 is 1.89 bits per heavy atom. The molecular formula is C15H25NO2. The van der Waals surface area contributed by atoms with Gasteiger partial charge < -0.3 is 15.2 Å². The quantitative estimate of drug-likeness (QED) is 0.782. The van der Waals surface area contributed by atoms with Gasteiger partial charge in [-0.05, 0) is 44.0 Å². The summed E-state index contributed by atoms with van der Waals surface area (Å²) >= 11 is 0. The molecular weight excluding hydrogens is 226 g/mol. The summed E-state index contributed by atoms with van der Waals surface area (Å²) in [5, 5.41) is 12.5. The predicted molar refractivity (Wildman–Crippen MR) is 75.1 cm³/mol. The Bertz CT molecular complexity index is 352. The van der Waals surface area contributed by atoms with Gasteiger partial charge in [-0.25, -0.2) is 0 Å². The maximum Gasteiger partial charge on any atom is 0.125 e. The fourth-order valence-corrected chi connectivity index (χ4v) is 1.97. The van der Waals surface area contributed by atoms with Gasteiger partial charge in [0.25, 0.3) is 0 Å². The first-order chi connectivity index (χ1) is 8.54. The molecule has 0 heterocycles. The van der Waals surface area contributed by atoms with Gasteiger partial charge in [0.05, 0.1) is 12.7 Å². The lowest BCUT2D eigenvalue weighted by Gasteiger charge is -2.15. The molecule has 1 rings (SSSR count). The lowest BCUT2D eigenvalue weighted by Crippen LogP contribution is -2.12. The number of hydrogen-bond donors (Lipinski definition) is 2. The van der Waals surface area contributed by atoms with Gasteiger partial charge in [0.15, 0.2) is 0 Å². The van der Waals surface area contributed by atoms with E-state index in [4.69, 9.17) is 4.74 Å². The van der Waals surface area contributed by atoms with Crippen molar-refractivity contribution < 1.29 is 9.84 Å². The molecule has 1 aromatic carbocycles. The minimum atomic E-state index is -0.307. The van der Waals surface area contributed by atoms with Gasteiger partial charge in [-0.15, -0.1) is 0 Å². The number of nitrogens with one attached hydrogen (secondary N) is 1. The number of aliphatic hydroxyl groups excluding tert-OH is 1. The molecule has 1 atom stereocenters. The lowest BCUT2D eigenvalue weighted by molar-refractivity contribution is 0.155. The third-order valence-corrected chi connectivity index (χ3v) is 2.88. The van der Waals surface area contributed by atoms with Crippen molar-refractivity contribution in [2.45, 2.75) is 46.8 Å². The zero-order valence-electron chi connectivity index (χ0n) is 11.9. The number of hydrogen-bond acceptors (Lipinski definition) is 3.